The van der Waals surface area contributed by atoms with Crippen LogP contribution < -0.4 is 5.32 Å². The largest absolute Gasteiger partial charge is 0.349 e. The van der Waals surface area contributed by atoms with Gasteiger partial charge in [0.2, 0.25) is 0 Å². The van der Waals surface area contributed by atoms with E-state index in [9.17, 15) is 13.2 Å². The molecule has 1 saturated carbocycles. The van der Waals surface area contributed by atoms with E-state index < -0.39 is 9.05 Å². The standard InChI is InChI=1S/C13H15Cl2NO3S/c1-8(9-3-2-4-9)16-13(17)10-5-11(14)7-12(6-10)20(15,18)19/h5-9H,2-4H2,1H3,(H,16,17). The van der Waals surface area contributed by atoms with Gasteiger partial charge in [0.25, 0.3) is 15.0 Å². The molecule has 0 bridgehead atoms. The first-order chi connectivity index (χ1) is 9.27. The molecule has 1 aromatic carbocycles. The van der Waals surface area contributed by atoms with Gasteiger partial charge in [-0.05, 0) is 43.9 Å². The molecule has 7 heteroatoms. The molecule has 0 aromatic heterocycles. The summed E-state index contributed by atoms with van der Waals surface area (Å²) >= 11 is 5.83. The molecule has 1 N–H and O–H groups in total. The highest BCUT2D eigenvalue weighted by atomic mass is 35.7. The first-order valence-electron chi connectivity index (χ1n) is 6.33. The summed E-state index contributed by atoms with van der Waals surface area (Å²) in [4.78, 5) is 12.0. The molecule has 1 amide bonds. The van der Waals surface area contributed by atoms with E-state index in [0.717, 1.165) is 12.8 Å². The minimum Gasteiger partial charge on any atom is -0.349 e. The smallest absolute Gasteiger partial charge is 0.261 e. The van der Waals surface area contributed by atoms with E-state index in [1.807, 2.05) is 6.92 Å². The molecule has 1 unspecified atom stereocenters. The Labute approximate surface area is 127 Å². The zero-order valence-corrected chi connectivity index (χ0v) is 13.2. The third-order valence-corrected chi connectivity index (χ3v) is 5.18. The fourth-order valence-electron chi connectivity index (χ4n) is 2.18. The van der Waals surface area contributed by atoms with Crippen LogP contribution in [0.2, 0.25) is 5.02 Å². The molecule has 1 aliphatic rings. The van der Waals surface area contributed by atoms with Crippen molar-refractivity contribution in [1.29, 1.82) is 0 Å². The van der Waals surface area contributed by atoms with Gasteiger partial charge >= 0.3 is 0 Å². The maximum atomic E-state index is 12.1. The summed E-state index contributed by atoms with van der Waals surface area (Å²) in [5.41, 5.74) is 0.197. The van der Waals surface area contributed by atoms with Gasteiger partial charge in [-0.1, -0.05) is 18.0 Å². The van der Waals surface area contributed by atoms with Crippen molar-refractivity contribution in [1.82, 2.24) is 5.32 Å². The van der Waals surface area contributed by atoms with Crippen LogP contribution >= 0.6 is 22.3 Å². The minimum atomic E-state index is -3.91. The Balaban J connectivity index is 2.19. The quantitative estimate of drug-likeness (QED) is 0.859. The zero-order chi connectivity index (χ0) is 14.9. The number of hydrogen-bond donors (Lipinski definition) is 1. The van der Waals surface area contributed by atoms with Crippen molar-refractivity contribution in [2.75, 3.05) is 0 Å². The van der Waals surface area contributed by atoms with Crippen molar-refractivity contribution in [3.63, 3.8) is 0 Å². The number of amides is 1. The van der Waals surface area contributed by atoms with E-state index >= 15 is 0 Å². The van der Waals surface area contributed by atoms with Crippen molar-refractivity contribution in [3.8, 4) is 0 Å². The molecule has 0 radical (unpaired) electrons. The van der Waals surface area contributed by atoms with E-state index in [0.29, 0.717) is 5.92 Å². The van der Waals surface area contributed by atoms with Crippen LogP contribution in [0.15, 0.2) is 23.1 Å². The summed E-state index contributed by atoms with van der Waals surface area (Å²) in [5.74, 6) is 0.155. The molecule has 0 heterocycles. The Bertz CT molecular complexity index is 627. The average Bonchev–Trinajstić information content (AvgIpc) is 2.24. The molecular weight excluding hydrogens is 321 g/mol. The number of carbonyl (C=O) groups excluding carboxylic acids is 1. The van der Waals surface area contributed by atoms with Crippen LogP contribution in [0.3, 0.4) is 0 Å². The Morgan fingerprint density at radius 2 is 2.00 bits per heavy atom. The van der Waals surface area contributed by atoms with Crippen LogP contribution in [0.25, 0.3) is 0 Å². The van der Waals surface area contributed by atoms with E-state index in [2.05, 4.69) is 5.32 Å². The van der Waals surface area contributed by atoms with E-state index in [1.54, 1.807) is 0 Å². The van der Waals surface area contributed by atoms with E-state index in [1.165, 1.54) is 24.6 Å². The second-order valence-corrected chi connectivity index (χ2v) is 8.07. The highest BCUT2D eigenvalue weighted by Crippen LogP contribution is 2.29. The molecule has 110 valence electrons. The van der Waals surface area contributed by atoms with Crippen molar-refractivity contribution in [2.24, 2.45) is 5.92 Å². The fourth-order valence-corrected chi connectivity index (χ4v) is 3.28. The fraction of sp³-hybridized carbons (Fsp3) is 0.462. The Kier molecular flexibility index (Phi) is 4.62. The molecular formula is C13H15Cl2NO3S. The Hall–Kier alpha value is -0.780. The summed E-state index contributed by atoms with van der Waals surface area (Å²) < 4.78 is 22.6. The van der Waals surface area contributed by atoms with Gasteiger partial charge in [0.15, 0.2) is 0 Å². The normalized spacial score (nSPS) is 17.4. The predicted molar refractivity (Wildman–Crippen MR) is 78.8 cm³/mol. The lowest BCUT2D eigenvalue weighted by Gasteiger charge is -2.31. The second-order valence-electron chi connectivity index (χ2n) is 5.07. The van der Waals surface area contributed by atoms with Gasteiger partial charge in [0, 0.05) is 27.3 Å². The van der Waals surface area contributed by atoms with Crippen molar-refractivity contribution in [2.45, 2.75) is 37.1 Å². The first-order valence-corrected chi connectivity index (χ1v) is 9.02. The summed E-state index contributed by atoms with van der Waals surface area (Å²) in [6.07, 6.45) is 3.41. The molecule has 4 nitrogen and oxygen atoms in total. The predicted octanol–water partition coefficient (Wildman–Crippen LogP) is 3.19. The minimum absolute atomic E-state index is 0.0614. The number of benzene rings is 1. The SMILES string of the molecule is CC(NC(=O)c1cc(Cl)cc(S(=O)(=O)Cl)c1)C1CCC1. The van der Waals surface area contributed by atoms with Gasteiger partial charge in [-0.3, -0.25) is 4.79 Å². The Morgan fingerprint density at radius 3 is 2.50 bits per heavy atom. The highest BCUT2D eigenvalue weighted by molar-refractivity contribution is 8.13. The van der Waals surface area contributed by atoms with Crippen molar-refractivity contribution < 1.29 is 13.2 Å². The average molecular weight is 336 g/mol. The lowest BCUT2D eigenvalue weighted by Crippen LogP contribution is -2.40. The summed E-state index contributed by atoms with van der Waals surface area (Å²) in [5, 5.41) is 3.03. The van der Waals surface area contributed by atoms with Crippen LogP contribution in [-0.4, -0.2) is 20.4 Å². The molecule has 2 rings (SSSR count). The monoisotopic (exact) mass is 335 g/mol. The number of hydrogen-bond acceptors (Lipinski definition) is 3. The summed E-state index contributed by atoms with van der Waals surface area (Å²) in [6, 6.07) is 3.94. The zero-order valence-electron chi connectivity index (χ0n) is 10.9. The van der Waals surface area contributed by atoms with Crippen LogP contribution in [0.5, 0.6) is 0 Å². The van der Waals surface area contributed by atoms with Gasteiger partial charge in [0.05, 0.1) is 4.90 Å². The van der Waals surface area contributed by atoms with Crippen molar-refractivity contribution in [3.05, 3.63) is 28.8 Å². The topological polar surface area (TPSA) is 63.2 Å². The molecule has 0 spiro atoms. The Morgan fingerprint density at radius 1 is 1.35 bits per heavy atom. The second kappa shape index (κ2) is 5.92. The highest BCUT2D eigenvalue weighted by Gasteiger charge is 2.25. The lowest BCUT2D eigenvalue weighted by atomic mass is 9.80. The van der Waals surface area contributed by atoms with Gasteiger partial charge in [0.1, 0.15) is 0 Å². The first kappa shape index (κ1) is 15.6. The summed E-state index contributed by atoms with van der Waals surface area (Å²) in [6.45, 7) is 1.95. The van der Waals surface area contributed by atoms with E-state index in [-0.39, 0.29) is 27.4 Å². The molecule has 1 aromatic rings. The van der Waals surface area contributed by atoms with Gasteiger partial charge < -0.3 is 5.32 Å². The number of halogens is 2. The lowest BCUT2D eigenvalue weighted by molar-refractivity contribution is 0.0909. The number of nitrogens with one attached hydrogen (secondary N) is 1. The van der Waals surface area contributed by atoms with Gasteiger partial charge in [-0.15, -0.1) is 0 Å². The van der Waals surface area contributed by atoms with E-state index in [4.69, 9.17) is 22.3 Å². The maximum Gasteiger partial charge on any atom is 0.261 e. The third-order valence-electron chi connectivity index (χ3n) is 3.63. The van der Waals surface area contributed by atoms with Gasteiger partial charge in [-0.2, -0.15) is 0 Å². The molecule has 1 atom stereocenters. The molecule has 20 heavy (non-hydrogen) atoms. The maximum absolute atomic E-state index is 12.1. The molecule has 0 saturated heterocycles. The summed E-state index contributed by atoms with van der Waals surface area (Å²) in [7, 11) is 1.36. The molecule has 0 aliphatic heterocycles. The number of carbonyl (C=O) groups is 1. The molecule has 1 fully saturated rings. The van der Waals surface area contributed by atoms with Gasteiger partial charge in [-0.25, -0.2) is 8.42 Å². The van der Waals surface area contributed by atoms with Crippen molar-refractivity contribution >= 4 is 37.2 Å². The van der Waals surface area contributed by atoms with Crippen LogP contribution in [0, 0.1) is 5.92 Å². The molecule has 1 aliphatic carbocycles. The van der Waals surface area contributed by atoms with Crippen LogP contribution in [0.1, 0.15) is 36.5 Å². The third kappa shape index (κ3) is 3.65. The van der Waals surface area contributed by atoms with Crippen LogP contribution in [0.4, 0.5) is 0 Å². The number of rotatable bonds is 4. The van der Waals surface area contributed by atoms with Crippen LogP contribution in [-0.2, 0) is 9.05 Å².